The van der Waals surface area contributed by atoms with Gasteiger partial charge in [-0.3, -0.25) is 0 Å². The highest BCUT2D eigenvalue weighted by atomic mass is 16.6. The van der Waals surface area contributed by atoms with Gasteiger partial charge >= 0.3 is 6.09 Å². The molecule has 0 saturated carbocycles. The third-order valence-corrected chi connectivity index (χ3v) is 2.68. The molecule has 0 aliphatic carbocycles. The molecule has 5 heteroatoms. The average molecular weight is 301 g/mol. The van der Waals surface area contributed by atoms with Crippen molar-refractivity contribution in [1.82, 2.24) is 15.2 Å². The standard InChI is InChI=1S/C16H21N3O2/c1-19(2)6-5-12-9-17-15-4-3-11(8-14(12)15)7-13-10-21-16(20)18-13/h3-4,8-9,13,17H,5-7,10H2,1-2H3,(H,18,20)/t13-/m0/s1/i1D3,5D2,6D2,7D2,10D2,13D/hD2. The number of amides is 1. The molecule has 1 aliphatic rings. The summed E-state index contributed by atoms with van der Waals surface area (Å²) in [7, 11) is 0.862. The largest absolute Gasteiger partial charge is 0.447 e. The molecule has 112 valence electrons. The molecule has 0 radical (unpaired) electrons. The predicted molar refractivity (Wildman–Crippen MR) is 82.5 cm³/mol. The molecule has 1 fully saturated rings. The fourth-order valence-electron chi connectivity index (χ4n) is 1.81. The summed E-state index contributed by atoms with van der Waals surface area (Å²) in [5.41, 5.74) is -1.03. The van der Waals surface area contributed by atoms with E-state index in [0.717, 1.165) is 31.4 Å². The van der Waals surface area contributed by atoms with E-state index in [9.17, 15) is 4.79 Å². The lowest BCUT2D eigenvalue weighted by molar-refractivity contribution is 0.177. The number of H-pyrrole nitrogens is 1. The number of hydrogen-bond donors (Lipinski definition) is 2. The Labute approximate surface area is 144 Å². The summed E-state index contributed by atoms with van der Waals surface area (Å²) in [6.07, 6.45) is -6.89. The summed E-state index contributed by atoms with van der Waals surface area (Å²) < 4.78 is 117. The van der Waals surface area contributed by atoms with Gasteiger partial charge in [0.1, 0.15) is 6.56 Å². The van der Waals surface area contributed by atoms with Crippen molar-refractivity contribution in [2.24, 2.45) is 0 Å². The van der Waals surface area contributed by atoms with Crippen LogP contribution in [0.4, 0.5) is 4.79 Å². The summed E-state index contributed by atoms with van der Waals surface area (Å²) in [4.78, 5) is 12.6. The van der Waals surface area contributed by atoms with Gasteiger partial charge in [0, 0.05) is 35.9 Å². The number of fused-ring (bicyclic) bond motifs is 1. The molecule has 0 spiro atoms. The zero-order chi connectivity index (χ0) is 27.2. The molecule has 3 rings (SSSR count). The third kappa shape index (κ3) is 3.19. The number of ether oxygens (including phenoxy) is 1. The van der Waals surface area contributed by atoms with Gasteiger partial charge in [-0.1, -0.05) is 6.07 Å². The van der Waals surface area contributed by atoms with Crippen molar-refractivity contribution in [3.8, 4) is 0 Å². The summed E-state index contributed by atoms with van der Waals surface area (Å²) in [6, 6.07) is -0.0899. The zero-order valence-electron chi connectivity index (χ0n) is 25.0. The van der Waals surface area contributed by atoms with Crippen molar-refractivity contribution in [2.75, 3.05) is 27.1 Å². The van der Waals surface area contributed by atoms with Gasteiger partial charge in [0.05, 0.1) is 10.1 Å². The van der Waals surface area contributed by atoms with E-state index in [1.54, 1.807) is 0 Å². The molecule has 5 nitrogen and oxygen atoms in total. The molecule has 1 saturated heterocycles. The van der Waals surface area contributed by atoms with Crippen LogP contribution in [0.3, 0.4) is 0 Å². The second kappa shape index (κ2) is 5.77. The van der Waals surface area contributed by atoms with Gasteiger partial charge in [-0.05, 0) is 50.0 Å². The molecular weight excluding hydrogens is 266 g/mol. The third-order valence-electron chi connectivity index (χ3n) is 2.68. The molecule has 1 aliphatic heterocycles. The maximum Gasteiger partial charge on any atom is 0.407 e. The minimum Gasteiger partial charge on any atom is -0.447 e. The number of aryl methyl sites for hydroxylation is 1. The van der Waals surface area contributed by atoms with Crippen LogP contribution in [0.2, 0.25) is 2.82 Å². The van der Waals surface area contributed by atoms with E-state index in [2.05, 4.69) is 4.74 Å². The summed E-state index contributed by atoms with van der Waals surface area (Å²) in [5, 5.41) is -0.503. The minimum absolute atomic E-state index is 0.0284. The lowest BCUT2D eigenvalue weighted by Gasteiger charge is -2.09. The number of likely N-dealkylation sites (N-methyl/N-ethyl adjacent to an activating group) is 1. The normalized spacial score (nSPS) is 37.0. The first-order valence-corrected chi connectivity index (χ1v) is 5.96. The van der Waals surface area contributed by atoms with Gasteiger partial charge < -0.3 is 19.9 Å². The number of carbonyl (C=O) groups excluding carboxylic acids is 1. The van der Waals surface area contributed by atoms with Crippen molar-refractivity contribution in [1.29, 1.82) is 0 Å². The molecule has 21 heavy (non-hydrogen) atoms. The van der Waals surface area contributed by atoms with Crippen LogP contribution >= 0.6 is 0 Å². The van der Waals surface area contributed by atoms with Gasteiger partial charge in [0.15, 0.2) is 2.82 Å². The Bertz CT molecular complexity index is 1180. The number of rotatable bonds is 5. The van der Waals surface area contributed by atoms with E-state index < -0.39 is 56.0 Å². The second-order valence-corrected chi connectivity index (χ2v) is 4.26. The molecule has 0 unspecified atom stereocenters. The summed E-state index contributed by atoms with van der Waals surface area (Å²) in [6.45, 7) is -9.42. The number of aromatic nitrogens is 1. The fraction of sp³-hybridized carbons (Fsp3) is 0.438. The average Bonchev–Trinajstić information content (AvgIpc) is 3.14. The summed E-state index contributed by atoms with van der Waals surface area (Å²) >= 11 is 0. The molecule has 0 bridgehead atoms. The van der Waals surface area contributed by atoms with Gasteiger partial charge in [-0.15, -0.1) is 0 Å². The Balaban J connectivity index is 2.24. The number of aromatic amines is 1. The van der Waals surface area contributed by atoms with Crippen LogP contribution in [0, 0.1) is 0 Å². The Morgan fingerprint density at radius 2 is 2.62 bits per heavy atom. The first-order valence-electron chi connectivity index (χ1n) is 12.9. The van der Waals surface area contributed by atoms with Crippen LogP contribution in [0.5, 0.6) is 0 Å². The lowest BCUT2D eigenvalue weighted by Crippen LogP contribution is -2.28. The van der Waals surface area contributed by atoms with Crippen molar-refractivity contribution in [3.63, 3.8) is 0 Å². The maximum atomic E-state index is 11.8. The fourth-order valence-corrected chi connectivity index (χ4v) is 1.81. The van der Waals surface area contributed by atoms with Crippen molar-refractivity contribution >= 4 is 17.0 Å². The molecule has 2 heterocycles. The van der Waals surface area contributed by atoms with Gasteiger partial charge in [-0.2, -0.15) is 0 Å². The Hall–Kier alpha value is -2.01. The predicted octanol–water partition coefficient (Wildman–Crippen LogP) is 1.92. The lowest BCUT2D eigenvalue weighted by atomic mass is 10.0. The number of nitrogens with zero attached hydrogens (tertiary/aromatic N) is 1. The number of alkyl carbamates (subject to hydrolysis) is 1. The highest BCUT2D eigenvalue weighted by Gasteiger charge is 2.22. The van der Waals surface area contributed by atoms with Crippen LogP contribution < -0.4 is 5.31 Å². The minimum atomic E-state index is -3.26. The SMILES string of the molecule is [2H]N1C(=O)OC([2H])([2H])[C@]1([2H])C([2H])([2H])c1ccc2c(c1)c(C([2H])([2H])C([2H])([2H])N(C)C([2H])([2H])[2H])cn2[2H]. The first-order chi connectivity index (χ1) is 15.5. The van der Waals surface area contributed by atoms with E-state index in [0.29, 0.717) is 4.98 Å². The van der Waals surface area contributed by atoms with Crippen molar-refractivity contribution in [2.45, 2.75) is 18.8 Å². The van der Waals surface area contributed by atoms with E-state index in [4.69, 9.17) is 19.3 Å². The first kappa shape index (κ1) is 5.02. The van der Waals surface area contributed by atoms with E-state index in [-0.39, 0.29) is 21.1 Å². The Kier molecular flexibility index (Phi) is 1.38. The van der Waals surface area contributed by atoms with Crippen LogP contribution in [0.1, 0.15) is 27.6 Å². The van der Waals surface area contributed by atoms with Crippen LogP contribution in [-0.4, -0.2) is 49.1 Å². The number of carbonyl (C=O) groups is 1. The van der Waals surface area contributed by atoms with Crippen molar-refractivity contribution in [3.05, 3.63) is 35.5 Å². The second-order valence-electron chi connectivity index (χ2n) is 4.26. The van der Waals surface area contributed by atoms with Gasteiger partial charge in [-0.25, -0.2) is 4.79 Å². The van der Waals surface area contributed by atoms with E-state index >= 15 is 0 Å². The van der Waals surface area contributed by atoms with Crippen molar-refractivity contribution < 1.29 is 28.8 Å². The maximum absolute atomic E-state index is 11.8. The molecule has 1 aromatic carbocycles. The molecule has 2 N–H and O–H groups in total. The number of nitrogens with one attached hydrogen (secondary N) is 2. The Morgan fingerprint density at radius 1 is 1.71 bits per heavy atom. The zero-order valence-corrected chi connectivity index (χ0v) is 11.0. The Morgan fingerprint density at radius 3 is 3.38 bits per heavy atom. The highest BCUT2D eigenvalue weighted by Crippen LogP contribution is 2.21. The number of hydrogen-bond acceptors (Lipinski definition) is 3. The molecule has 1 amide bonds. The van der Waals surface area contributed by atoms with E-state index in [1.165, 1.54) is 0 Å². The highest BCUT2D eigenvalue weighted by molar-refractivity contribution is 5.84. The van der Waals surface area contributed by atoms with Crippen LogP contribution in [-0.2, 0) is 17.5 Å². The number of benzene rings is 1. The van der Waals surface area contributed by atoms with Crippen LogP contribution in [0.25, 0.3) is 10.9 Å². The monoisotopic (exact) mass is 301 g/mol. The quantitative estimate of drug-likeness (QED) is 0.887. The number of cyclic esters (lactones) is 1. The molecule has 1 aromatic heterocycles. The smallest absolute Gasteiger partial charge is 0.407 e. The summed E-state index contributed by atoms with van der Waals surface area (Å²) in [5.74, 6) is 0. The van der Waals surface area contributed by atoms with Crippen LogP contribution in [0.15, 0.2) is 24.4 Å². The van der Waals surface area contributed by atoms with Gasteiger partial charge in [0.25, 0.3) is 0 Å². The topological polar surface area (TPSA) is 57.4 Å². The van der Waals surface area contributed by atoms with E-state index in [1.807, 2.05) is 0 Å². The molecular formula is C16H21N3O2. The molecule has 1 atom stereocenters. The van der Waals surface area contributed by atoms with Gasteiger partial charge in [0.2, 0.25) is 0 Å². The molecule has 2 aromatic rings.